The first-order valence-electron chi connectivity index (χ1n) is 8.18. The van der Waals surface area contributed by atoms with Gasteiger partial charge in [-0.1, -0.05) is 40.0 Å². The lowest BCUT2D eigenvalue weighted by atomic mass is 9.93. The predicted molar refractivity (Wildman–Crippen MR) is 84.6 cm³/mol. The third-order valence-corrected chi connectivity index (χ3v) is 4.08. The number of rotatable bonds is 8. The quantitative estimate of drug-likeness (QED) is 0.717. The molecule has 0 bridgehead atoms. The molecule has 4 nitrogen and oxygen atoms in total. The van der Waals surface area contributed by atoms with Crippen LogP contribution in [0.15, 0.2) is 0 Å². The van der Waals surface area contributed by atoms with Crippen molar-refractivity contribution in [2.75, 3.05) is 26.2 Å². The average molecular weight is 283 g/mol. The van der Waals surface area contributed by atoms with Crippen molar-refractivity contribution in [1.82, 2.24) is 10.2 Å². The zero-order valence-corrected chi connectivity index (χ0v) is 13.6. The zero-order chi connectivity index (χ0) is 15.0. The molecule has 0 spiro atoms. The fraction of sp³-hybridized carbons (Fsp3) is 0.938. The number of carbonyl (C=O) groups is 1. The Morgan fingerprint density at radius 3 is 2.50 bits per heavy atom. The SMILES string of the molecule is CCCN(CC(=O)NC1CCCCC1)CC(C)(C)CN. The Hall–Kier alpha value is -0.610. The summed E-state index contributed by atoms with van der Waals surface area (Å²) in [6, 6.07) is 0.405. The summed E-state index contributed by atoms with van der Waals surface area (Å²) in [5, 5.41) is 3.20. The molecule has 1 fully saturated rings. The second-order valence-electron chi connectivity index (χ2n) is 6.98. The monoisotopic (exact) mass is 283 g/mol. The van der Waals surface area contributed by atoms with Gasteiger partial charge in [0.15, 0.2) is 0 Å². The molecule has 0 saturated heterocycles. The van der Waals surface area contributed by atoms with E-state index in [2.05, 4.69) is 31.0 Å². The lowest BCUT2D eigenvalue weighted by Gasteiger charge is -2.32. The molecule has 1 aliphatic rings. The summed E-state index contributed by atoms with van der Waals surface area (Å²) < 4.78 is 0. The van der Waals surface area contributed by atoms with Crippen LogP contribution in [0.2, 0.25) is 0 Å². The molecule has 4 heteroatoms. The predicted octanol–water partition coefficient (Wildman–Crippen LogP) is 2.13. The fourth-order valence-electron chi connectivity index (χ4n) is 2.92. The van der Waals surface area contributed by atoms with Crippen LogP contribution in [0.5, 0.6) is 0 Å². The second kappa shape index (κ2) is 8.63. The van der Waals surface area contributed by atoms with E-state index in [0.29, 0.717) is 19.1 Å². The first kappa shape index (κ1) is 17.4. The largest absolute Gasteiger partial charge is 0.352 e. The number of hydrogen-bond donors (Lipinski definition) is 2. The van der Waals surface area contributed by atoms with E-state index >= 15 is 0 Å². The molecule has 3 N–H and O–H groups in total. The first-order chi connectivity index (χ1) is 9.46. The molecule has 0 atom stereocenters. The van der Waals surface area contributed by atoms with Gasteiger partial charge in [0, 0.05) is 12.6 Å². The van der Waals surface area contributed by atoms with Crippen molar-refractivity contribution in [3.63, 3.8) is 0 Å². The van der Waals surface area contributed by atoms with Gasteiger partial charge in [-0.3, -0.25) is 9.69 Å². The molecule has 0 aromatic heterocycles. The third-order valence-electron chi connectivity index (χ3n) is 4.08. The van der Waals surface area contributed by atoms with Gasteiger partial charge in [-0.25, -0.2) is 0 Å². The highest BCUT2D eigenvalue weighted by Gasteiger charge is 2.22. The van der Waals surface area contributed by atoms with Gasteiger partial charge >= 0.3 is 0 Å². The Labute approximate surface area is 124 Å². The molecule has 0 aliphatic heterocycles. The standard InChI is InChI=1S/C16H33N3O/c1-4-10-19(13-16(2,3)12-17)11-15(20)18-14-8-6-5-7-9-14/h14H,4-13,17H2,1-3H3,(H,18,20). The van der Waals surface area contributed by atoms with Crippen LogP contribution >= 0.6 is 0 Å². The van der Waals surface area contributed by atoms with E-state index < -0.39 is 0 Å². The van der Waals surface area contributed by atoms with Crippen molar-refractivity contribution in [2.45, 2.75) is 65.3 Å². The van der Waals surface area contributed by atoms with E-state index in [1.807, 2.05) is 0 Å². The van der Waals surface area contributed by atoms with Crippen molar-refractivity contribution in [1.29, 1.82) is 0 Å². The highest BCUT2D eigenvalue weighted by molar-refractivity contribution is 5.78. The lowest BCUT2D eigenvalue weighted by molar-refractivity contribution is -0.123. The first-order valence-corrected chi connectivity index (χ1v) is 8.18. The molecule has 1 saturated carbocycles. The van der Waals surface area contributed by atoms with Crippen molar-refractivity contribution < 1.29 is 4.79 Å². The molecule has 0 aromatic rings. The van der Waals surface area contributed by atoms with Crippen molar-refractivity contribution in [3.05, 3.63) is 0 Å². The molecule has 1 aliphatic carbocycles. The Bertz CT molecular complexity index is 285. The van der Waals surface area contributed by atoms with Crippen LogP contribution in [-0.2, 0) is 4.79 Å². The van der Waals surface area contributed by atoms with Gasteiger partial charge in [0.05, 0.1) is 6.54 Å². The van der Waals surface area contributed by atoms with E-state index in [4.69, 9.17) is 5.73 Å². The van der Waals surface area contributed by atoms with Crippen LogP contribution in [0.25, 0.3) is 0 Å². The maximum absolute atomic E-state index is 12.2. The van der Waals surface area contributed by atoms with Crippen molar-refractivity contribution in [3.8, 4) is 0 Å². The molecule has 0 heterocycles. The summed E-state index contributed by atoms with van der Waals surface area (Å²) >= 11 is 0. The maximum atomic E-state index is 12.2. The van der Waals surface area contributed by atoms with Gasteiger partial charge in [-0.15, -0.1) is 0 Å². The number of hydrogen-bond acceptors (Lipinski definition) is 3. The molecular weight excluding hydrogens is 250 g/mol. The summed E-state index contributed by atoms with van der Waals surface area (Å²) in [6.07, 6.45) is 7.19. The van der Waals surface area contributed by atoms with Gasteiger partial charge < -0.3 is 11.1 Å². The molecule has 118 valence electrons. The molecular formula is C16H33N3O. The Kier molecular flexibility index (Phi) is 7.52. The summed E-state index contributed by atoms with van der Waals surface area (Å²) in [7, 11) is 0. The van der Waals surface area contributed by atoms with Gasteiger partial charge in [-0.05, 0) is 37.8 Å². The highest BCUT2D eigenvalue weighted by Crippen LogP contribution is 2.18. The Morgan fingerprint density at radius 2 is 1.95 bits per heavy atom. The average Bonchev–Trinajstić information content (AvgIpc) is 2.39. The van der Waals surface area contributed by atoms with Crippen LogP contribution in [0.1, 0.15) is 59.3 Å². The van der Waals surface area contributed by atoms with Crippen LogP contribution in [-0.4, -0.2) is 43.0 Å². The van der Waals surface area contributed by atoms with E-state index in [1.54, 1.807) is 0 Å². The number of nitrogens with one attached hydrogen (secondary N) is 1. The maximum Gasteiger partial charge on any atom is 0.234 e. The minimum absolute atomic E-state index is 0.0697. The number of carbonyl (C=O) groups excluding carboxylic acids is 1. The molecule has 0 aromatic carbocycles. The van der Waals surface area contributed by atoms with Gasteiger partial charge in [0.25, 0.3) is 0 Å². The van der Waals surface area contributed by atoms with E-state index in [9.17, 15) is 4.79 Å². The minimum atomic E-state index is 0.0697. The Morgan fingerprint density at radius 1 is 1.30 bits per heavy atom. The summed E-state index contributed by atoms with van der Waals surface area (Å²) in [5.74, 6) is 0.179. The van der Waals surface area contributed by atoms with Gasteiger partial charge in [-0.2, -0.15) is 0 Å². The topological polar surface area (TPSA) is 58.4 Å². The highest BCUT2D eigenvalue weighted by atomic mass is 16.2. The van der Waals surface area contributed by atoms with Crippen LogP contribution < -0.4 is 11.1 Å². The van der Waals surface area contributed by atoms with Gasteiger partial charge in [0.2, 0.25) is 5.91 Å². The minimum Gasteiger partial charge on any atom is -0.352 e. The Balaban J connectivity index is 2.41. The summed E-state index contributed by atoms with van der Waals surface area (Å²) in [4.78, 5) is 14.4. The lowest BCUT2D eigenvalue weighted by Crippen LogP contribution is -2.46. The number of amides is 1. The molecule has 0 unspecified atom stereocenters. The van der Waals surface area contributed by atoms with Gasteiger partial charge in [0.1, 0.15) is 0 Å². The van der Waals surface area contributed by atoms with Crippen LogP contribution in [0.3, 0.4) is 0 Å². The summed E-state index contributed by atoms with van der Waals surface area (Å²) in [5.41, 5.74) is 5.87. The zero-order valence-electron chi connectivity index (χ0n) is 13.6. The smallest absolute Gasteiger partial charge is 0.234 e. The van der Waals surface area contributed by atoms with E-state index in [1.165, 1.54) is 19.3 Å². The molecule has 0 radical (unpaired) electrons. The van der Waals surface area contributed by atoms with E-state index in [-0.39, 0.29) is 11.3 Å². The van der Waals surface area contributed by atoms with Crippen LogP contribution in [0.4, 0.5) is 0 Å². The summed E-state index contributed by atoms with van der Waals surface area (Å²) in [6.45, 7) is 9.48. The third kappa shape index (κ3) is 6.71. The van der Waals surface area contributed by atoms with Crippen molar-refractivity contribution >= 4 is 5.91 Å². The molecule has 20 heavy (non-hydrogen) atoms. The number of nitrogens with zero attached hydrogens (tertiary/aromatic N) is 1. The van der Waals surface area contributed by atoms with E-state index in [0.717, 1.165) is 32.4 Å². The molecule has 1 amide bonds. The number of nitrogens with two attached hydrogens (primary N) is 1. The second-order valence-corrected chi connectivity index (χ2v) is 6.98. The fourth-order valence-corrected chi connectivity index (χ4v) is 2.92. The normalized spacial score (nSPS) is 17.4. The van der Waals surface area contributed by atoms with Crippen molar-refractivity contribution in [2.24, 2.45) is 11.1 Å². The molecule has 1 rings (SSSR count). The van der Waals surface area contributed by atoms with Crippen LogP contribution in [0, 0.1) is 5.41 Å².